The van der Waals surface area contributed by atoms with Gasteiger partial charge in [0.1, 0.15) is 4.90 Å². The Morgan fingerprint density at radius 1 is 1.28 bits per heavy atom. The molecule has 0 aliphatic rings. The first-order valence-corrected chi connectivity index (χ1v) is 8.00. The van der Waals surface area contributed by atoms with Gasteiger partial charge in [-0.2, -0.15) is 0 Å². The van der Waals surface area contributed by atoms with Crippen LogP contribution in [0, 0.1) is 5.92 Å². The Hall–Kier alpha value is -0.000000000000000111. The van der Waals surface area contributed by atoms with Crippen LogP contribution in [0.3, 0.4) is 0 Å². The molecule has 3 nitrogen and oxygen atoms in total. The zero-order valence-electron chi connectivity index (χ0n) is 9.95. The molecule has 1 N–H and O–H groups in total. The molecule has 1 rings (SSSR count). The summed E-state index contributed by atoms with van der Waals surface area (Å²) < 4.78 is 26.5. The second kappa shape index (κ2) is 6.44. The van der Waals surface area contributed by atoms with E-state index in [2.05, 4.69) is 4.72 Å². The molecule has 1 aromatic carbocycles. The molecule has 0 aliphatic heterocycles. The van der Waals surface area contributed by atoms with E-state index in [0.29, 0.717) is 5.02 Å². The van der Waals surface area contributed by atoms with Crippen LogP contribution in [0.1, 0.15) is 13.8 Å². The highest BCUT2D eigenvalue weighted by Crippen LogP contribution is 2.24. The normalized spacial score (nSPS) is 13.9. The average Bonchev–Trinajstić information content (AvgIpc) is 2.29. The van der Waals surface area contributed by atoms with Crippen molar-refractivity contribution in [2.75, 3.05) is 6.54 Å². The molecule has 1 aromatic rings. The maximum Gasteiger partial charge on any atom is 0.242 e. The van der Waals surface area contributed by atoms with E-state index in [4.69, 9.17) is 34.8 Å². The van der Waals surface area contributed by atoms with Crippen molar-refractivity contribution in [2.45, 2.75) is 24.1 Å². The number of alkyl halides is 1. The third kappa shape index (κ3) is 4.28. The monoisotopic (exact) mass is 329 g/mol. The second-order valence-corrected chi connectivity index (χ2v) is 7.33. The summed E-state index contributed by atoms with van der Waals surface area (Å²) in [5, 5.41) is 0.159. The molecule has 7 heteroatoms. The molecular weight excluding hydrogens is 317 g/mol. The number of hydrogen-bond acceptors (Lipinski definition) is 2. The first-order chi connectivity index (χ1) is 8.24. The molecule has 0 radical (unpaired) electrons. The summed E-state index contributed by atoms with van der Waals surface area (Å²) in [6.07, 6.45) is 0. The van der Waals surface area contributed by atoms with Crippen molar-refractivity contribution < 1.29 is 8.42 Å². The summed E-state index contributed by atoms with van der Waals surface area (Å²) in [6, 6.07) is 4.28. The highest BCUT2D eigenvalue weighted by Gasteiger charge is 2.20. The average molecular weight is 331 g/mol. The van der Waals surface area contributed by atoms with Crippen molar-refractivity contribution >= 4 is 44.8 Å². The summed E-state index contributed by atoms with van der Waals surface area (Å²) in [6.45, 7) is 3.97. The molecule has 0 spiro atoms. The largest absolute Gasteiger partial charge is 0.242 e. The molecule has 1 unspecified atom stereocenters. The SMILES string of the molecule is CC(C)C(Cl)CNS(=O)(=O)c1cc(Cl)ccc1Cl. The van der Waals surface area contributed by atoms with E-state index in [1.165, 1.54) is 18.2 Å². The van der Waals surface area contributed by atoms with Gasteiger partial charge >= 0.3 is 0 Å². The highest BCUT2D eigenvalue weighted by molar-refractivity contribution is 7.89. The Balaban J connectivity index is 2.90. The van der Waals surface area contributed by atoms with Crippen molar-refractivity contribution in [3.05, 3.63) is 28.2 Å². The number of benzene rings is 1. The Morgan fingerprint density at radius 3 is 2.44 bits per heavy atom. The molecule has 0 aromatic heterocycles. The van der Waals surface area contributed by atoms with Gasteiger partial charge in [-0.25, -0.2) is 13.1 Å². The van der Waals surface area contributed by atoms with E-state index in [1.807, 2.05) is 13.8 Å². The van der Waals surface area contributed by atoms with Crippen LogP contribution in [0.2, 0.25) is 10.0 Å². The molecule has 0 fully saturated rings. The summed E-state index contributed by atoms with van der Waals surface area (Å²) in [5.41, 5.74) is 0. The number of halogens is 3. The minimum atomic E-state index is -3.69. The van der Waals surface area contributed by atoms with Gasteiger partial charge in [0.15, 0.2) is 0 Å². The van der Waals surface area contributed by atoms with Crippen molar-refractivity contribution in [1.29, 1.82) is 0 Å². The Kier molecular flexibility index (Phi) is 5.74. The maximum atomic E-state index is 12.0. The van der Waals surface area contributed by atoms with Crippen molar-refractivity contribution in [2.24, 2.45) is 5.92 Å². The van der Waals surface area contributed by atoms with Crippen molar-refractivity contribution in [1.82, 2.24) is 4.72 Å². The molecule has 0 aliphatic carbocycles. The van der Waals surface area contributed by atoms with Gasteiger partial charge in [-0.05, 0) is 24.1 Å². The lowest BCUT2D eigenvalue weighted by Crippen LogP contribution is -2.32. The van der Waals surface area contributed by atoms with Crippen LogP contribution >= 0.6 is 34.8 Å². The first-order valence-electron chi connectivity index (χ1n) is 5.33. The molecule has 0 saturated heterocycles. The topological polar surface area (TPSA) is 46.2 Å². The minimum Gasteiger partial charge on any atom is -0.210 e. The van der Waals surface area contributed by atoms with Gasteiger partial charge in [-0.1, -0.05) is 37.0 Å². The van der Waals surface area contributed by atoms with E-state index < -0.39 is 10.0 Å². The summed E-state index contributed by atoms with van der Waals surface area (Å²) in [7, 11) is -3.69. The van der Waals surface area contributed by atoms with Crippen LogP contribution in [-0.2, 0) is 10.0 Å². The molecule has 0 bridgehead atoms. The molecule has 0 saturated carbocycles. The molecule has 18 heavy (non-hydrogen) atoms. The van der Waals surface area contributed by atoms with Crippen LogP contribution in [0.4, 0.5) is 0 Å². The fourth-order valence-electron chi connectivity index (χ4n) is 1.19. The van der Waals surface area contributed by atoms with Crippen LogP contribution in [0.15, 0.2) is 23.1 Å². The Labute approximate surface area is 122 Å². The lowest BCUT2D eigenvalue weighted by atomic mass is 10.1. The van der Waals surface area contributed by atoms with E-state index in [-0.39, 0.29) is 27.8 Å². The highest BCUT2D eigenvalue weighted by atomic mass is 35.5. The fraction of sp³-hybridized carbons (Fsp3) is 0.455. The number of nitrogens with one attached hydrogen (secondary N) is 1. The van der Waals surface area contributed by atoms with E-state index in [9.17, 15) is 8.42 Å². The smallest absolute Gasteiger partial charge is 0.210 e. The third-order valence-electron chi connectivity index (χ3n) is 2.37. The van der Waals surface area contributed by atoms with Crippen molar-refractivity contribution in [3.63, 3.8) is 0 Å². The first kappa shape index (κ1) is 16.1. The number of sulfonamides is 1. The lowest BCUT2D eigenvalue weighted by Gasteiger charge is -2.14. The van der Waals surface area contributed by atoms with Gasteiger partial charge in [0.2, 0.25) is 10.0 Å². The van der Waals surface area contributed by atoms with Crippen LogP contribution in [0.5, 0.6) is 0 Å². The zero-order valence-corrected chi connectivity index (χ0v) is 13.0. The van der Waals surface area contributed by atoms with E-state index >= 15 is 0 Å². The standard InChI is InChI=1S/C11H14Cl3NO2S/c1-7(2)10(14)6-15-18(16,17)11-5-8(12)3-4-9(11)13/h3-5,7,10,15H,6H2,1-2H3. The number of hydrogen-bond donors (Lipinski definition) is 1. The molecule has 102 valence electrons. The molecular formula is C11H14Cl3NO2S. The van der Waals surface area contributed by atoms with Gasteiger partial charge in [0.05, 0.1) is 5.02 Å². The van der Waals surface area contributed by atoms with Crippen LogP contribution in [-0.4, -0.2) is 20.3 Å². The third-order valence-corrected chi connectivity index (χ3v) is 5.17. The lowest BCUT2D eigenvalue weighted by molar-refractivity contribution is 0.556. The molecule has 1 atom stereocenters. The van der Waals surface area contributed by atoms with E-state index in [0.717, 1.165) is 0 Å². The summed E-state index contributed by atoms with van der Waals surface area (Å²) >= 11 is 17.6. The predicted octanol–water partition coefficient (Wildman–Crippen LogP) is 3.54. The van der Waals surface area contributed by atoms with Gasteiger partial charge in [-0.15, -0.1) is 11.6 Å². The molecule has 0 heterocycles. The van der Waals surface area contributed by atoms with Crippen LogP contribution in [0.25, 0.3) is 0 Å². The molecule has 0 amide bonds. The number of rotatable bonds is 5. The fourth-order valence-corrected chi connectivity index (χ4v) is 3.17. The van der Waals surface area contributed by atoms with Gasteiger partial charge in [0.25, 0.3) is 0 Å². The maximum absolute atomic E-state index is 12.0. The van der Waals surface area contributed by atoms with E-state index in [1.54, 1.807) is 0 Å². The van der Waals surface area contributed by atoms with Crippen LogP contribution < -0.4 is 4.72 Å². The van der Waals surface area contributed by atoms with Crippen molar-refractivity contribution in [3.8, 4) is 0 Å². The second-order valence-electron chi connectivity index (χ2n) is 4.19. The summed E-state index contributed by atoms with van der Waals surface area (Å²) in [5.74, 6) is 0.171. The zero-order chi connectivity index (χ0) is 13.9. The Morgan fingerprint density at radius 2 is 1.89 bits per heavy atom. The summed E-state index contributed by atoms with van der Waals surface area (Å²) in [4.78, 5) is -0.0377. The van der Waals surface area contributed by atoms with Gasteiger partial charge in [-0.3, -0.25) is 0 Å². The minimum absolute atomic E-state index is 0.0377. The predicted molar refractivity (Wildman–Crippen MR) is 76.1 cm³/mol. The van der Waals surface area contributed by atoms with Gasteiger partial charge < -0.3 is 0 Å². The van der Waals surface area contributed by atoms with Gasteiger partial charge in [0, 0.05) is 16.9 Å². The Bertz CT molecular complexity index is 517. The quantitative estimate of drug-likeness (QED) is 0.839.